The number of aliphatic hydroxyl groups excluding tert-OH is 1. The minimum Gasteiger partial charge on any atom is -0.480 e. The molecule has 9 heteroatoms. The molecule has 0 heterocycles. The van der Waals surface area contributed by atoms with E-state index in [1.165, 1.54) is 0 Å². The SMILES string of the molecule is CC(CO)[C@H](N)C(=O)O.O=P(O)(O)O. The Labute approximate surface area is 80.2 Å². The summed E-state index contributed by atoms with van der Waals surface area (Å²) in [5, 5.41) is 16.7. The molecule has 14 heavy (non-hydrogen) atoms. The minimum absolute atomic E-state index is 0.187. The Morgan fingerprint density at radius 3 is 1.79 bits per heavy atom. The fourth-order valence-corrected chi connectivity index (χ4v) is 0.357. The van der Waals surface area contributed by atoms with E-state index in [-0.39, 0.29) is 12.5 Å². The van der Waals surface area contributed by atoms with Crippen molar-refractivity contribution in [2.24, 2.45) is 11.7 Å². The Morgan fingerprint density at radius 2 is 1.71 bits per heavy atom. The smallest absolute Gasteiger partial charge is 0.466 e. The molecule has 0 aromatic carbocycles. The zero-order valence-corrected chi connectivity index (χ0v) is 8.33. The highest BCUT2D eigenvalue weighted by Crippen LogP contribution is 2.25. The van der Waals surface area contributed by atoms with Crippen LogP contribution in [0.3, 0.4) is 0 Å². The van der Waals surface area contributed by atoms with Crippen LogP contribution in [0, 0.1) is 5.92 Å². The molecule has 0 aliphatic rings. The maximum absolute atomic E-state index is 10.1. The molecule has 0 fully saturated rings. The molecular formula is C5H14NO7P. The second kappa shape index (κ2) is 6.88. The number of carbonyl (C=O) groups is 1. The van der Waals surface area contributed by atoms with E-state index in [0.717, 1.165) is 0 Å². The van der Waals surface area contributed by atoms with Crippen molar-refractivity contribution in [2.75, 3.05) is 6.61 Å². The maximum atomic E-state index is 10.1. The van der Waals surface area contributed by atoms with Gasteiger partial charge in [0.25, 0.3) is 0 Å². The molecule has 8 nitrogen and oxygen atoms in total. The van der Waals surface area contributed by atoms with Crippen molar-refractivity contribution in [3.05, 3.63) is 0 Å². The van der Waals surface area contributed by atoms with Gasteiger partial charge in [-0.2, -0.15) is 0 Å². The molecule has 0 saturated carbocycles. The largest absolute Gasteiger partial charge is 0.480 e. The fourth-order valence-electron chi connectivity index (χ4n) is 0.357. The number of phosphoric acid groups is 1. The standard InChI is InChI=1S/C5H11NO3.H3O4P/c1-3(2-7)4(6)5(8)9;1-5(2,3)4/h3-4,7H,2,6H2,1H3,(H,8,9);(H3,1,2,3,4)/t3?,4-;/m0./s1. The zero-order chi connectivity index (χ0) is 11.9. The number of aliphatic hydroxyl groups is 1. The first-order chi connectivity index (χ1) is 6.09. The topological polar surface area (TPSA) is 161 Å². The fraction of sp³-hybridized carbons (Fsp3) is 0.800. The van der Waals surface area contributed by atoms with Gasteiger partial charge in [0, 0.05) is 12.5 Å². The van der Waals surface area contributed by atoms with E-state index in [2.05, 4.69) is 0 Å². The first kappa shape index (κ1) is 15.9. The molecule has 0 bridgehead atoms. The summed E-state index contributed by atoms with van der Waals surface area (Å²) in [5.74, 6) is -1.45. The normalized spacial score (nSPS) is 15.0. The average molecular weight is 231 g/mol. The summed E-state index contributed by atoms with van der Waals surface area (Å²) in [5.41, 5.74) is 5.11. The van der Waals surface area contributed by atoms with Gasteiger partial charge >= 0.3 is 13.8 Å². The van der Waals surface area contributed by atoms with Gasteiger partial charge in [-0.25, -0.2) is 4.57 Å². The Morgan fingerprint density at radius 1 is 1.43 bits per heavy atom. The molecule has 0 aromatic heterocycles. The quantitative estimate of drug-likeness (QED) is 0.307. The number of nitrogens with two attached hydrogens (primary N) is 1. The summed E-state index contributed by atoms with van der Waals surface area (Å²) >= 11 is 0. The van der Waals surface area contributed by atoms with Gasteiger partial charge in [0.2, 0.25) is 0 Å². The van der Waals surface area contributed by atoms with Gasteiger partial charge in [-0.05, 0) is 0 Å². The molecule has 0 radical (unpaired) electrons. The van der Waals surface area contributed by atoms with Crippen molar-refractivity contribution in [3.63, 3.8) is 0 Å². The number of carboxylic acids is 1. The number of aliphatic carboxylic acids is 1. The number of rotatable bonds is 3. The molecular weight excluding hydrogens is 217 g/mol. The van der Waals surface area contributed by atoms with E-state index in [1.807, 2.05) is 0 Å². The molecule has 0 amide bonds. The zero-order valence-electron chi connectivity index (χ0n) is 7.44. The van der Waals surface area contributed by atoms with Crippen LogP contribution in [0.5, 0.6) is 0 Å². The first-order valence-electron chi connectivity index (χ1n) is 3.47. The molecule has 86 valence electrons. The van der Waals surface area contributed by atoms with Crippen molar-refractivity contribution < 1.29 is 34.3 Å². The summed E-state index contributed by atoms with van der Waals surface area (Å²) in [7, 11) is -4.64. The number of hydrogen-bond donors (Lipinski definition) is 6. The number of hydrogen-bond acceptors (Lipinski definition) is 4. The second-order valence-corrected chi connectivity index (χ2v) is 3.56. The summed E-state index contributed by atoms with van der Waals surface area (Å²) in [4.78, 5) is 31.6. The predicted octanol–water partition coefficient (Wildman–Crippen LogP) is -1.90. The van der Waals surface area contributed by atoms with E-state index in [9.17, 15) is 4.79 Å². The molecule has 0 rings (SSSR count). The van der Waals surface area contributed by atoms with Gasteiger partial charge in [-0.1, -0.05) is 6.92 Å². The molecule has 7 N–H and O–H groups in total. The third-order valence-electron chi connectivity index (χ3n) is 1.19. The molecule has 0 aliphatic heterocycles. The Kier molecular flexibility index (Phi) is 7.84. The minimum atomic E-state index is -4.64. The average Bonchev–Trinajstić information content (AvgIpc) is 1.98. The first-order valence-corrected chi connectivity index (χ1v) is 5.03. The van der Waals surface area contributed by atoms with E-state index in [1.54, 1.807) is 6.92 Å². The van der Waals surface area contributed by atoms with Gasteiger partial charge in [0.05, 0.1) is 0 Å². The van der Waals surface area contributed by atoms with Crippen molar-refractivity contribution in [1.82, 2.24) is 0 Å². The molecule has 0 aromatic rings. The highest BCUT2D eigenvalue weighted by molar-refractivity contribution is 7.45. The van der Waals surface area contributed by atoms with Gasteiger partial charge in [0.15, 0.2) is 0 Å². The number of carboxylic acid groups (broad SMARTS) is 1. The van der Waals surface area contributed by atoms with Crippen molar-refractivity contribution in [2.45, 2.75) is 13.0 Å². The van der Waals surface area contributed by atoms with Crippen LogP contribution in [0.4, 0.5) is 0 Å². The van der Waals surface area contributed by atoms with E-state index in [0.29, 0.717) is 0 Å². The lowest BCUT2D eigenvalue weighted by atomic mass is 10.1. The molecule has 0 aliphatic carbocycles. The van der Waals surface area contributed by atoms with E-state index in [4.69, 9.17) is 35.2 Å². The summed E-state index contributed by atoms with van der Waals surface area (Å²) in [6.45, 7) is 1.40. The van der Waals surface area contributed by atoms with Crippen LogP contribution in [-0.4, -0.2) is 43.5 Å². The van der Waals surface area contributed by atoms with Gasteiger partial charge in [0.1, 0.15) is 6.04 Å². The van der Waals surface area contributed by atoms with Crippen LogP contribution in [-0.2, 0) is 9.36 Å². The van der Waals surface area contributed by atoms with Crippen LogP contribution in [0.2, 0.25) is 0 Å². The van der Waals surface area contributed by atoms with Gasteiger partial charge < -0.3 is 30.6 Å². The third-order valence-corrected chi connectivity index (χ3v) is 1.19. The lowest BCUT2D eigenvalue weighted by molar-refractivity contribution is -0.140. The Balaban J connectivity index is 0. The van der Waals surface area contributed by atoms with Crippen LogP contribution < -0.4 is 5.73 Å². The van der Waals surface area contributed by atoms with Crippen LogP contribution >= 0.6 is 7.82 Å². The van der Waals surface area contributed by atoms with Crippen molar-refractivity contribution >= 4 is 13.8 Å². The van der Waals surface area contributed by atoms with E-state index >= 15 is 0 Å². The highest BCUT2D eigenvalue weighted by atomic mass is 31.2. The van der Waals surface area contributed by atoms with Crippen molar-refractivity contribution in [1.29, 1.82) is 0 Å². The predicted molar refractivity (Wildman–Crippen MR) is 46.1 cm³/mol. The monoisotopic (exact) mass is 231 g/mol. The van der Waals surface area contributed by atoms with Crippen LogP contribution in [0.25, 0.3) is 0 Å². The van der Waals surface area contributed by atoms with E-state index < -0.39 is 19.8 Å². The van der Waals surface area contributed by atoms with Crippen molar-refractivity contribution in [3.8, 4) is 0 Å². The second-order valence-electron chi connectivity index (χ2n) is 2.54. The highest BCUT2D eigenvalue weighted by Gasteiger charge is 2.18. The Hall–Kier alpha value is -0.500. The third kappa shape index (κ3) is 14.0. The summed E-state index contributed by atoms with van der Waals surface area (Å²) in [6.07, 6.45) is 0. The lowest BCUT2D eigenvalue weighted by Crippen LogP contribution is -2.38. The van der Waals surface area contributed by atoms with Crippen LogP contribution in [0.1, 0.15) is 6.92 Å². The lowest BCUT2D eigenvalue weighted by Gasteiger charge is -2.11. The summed E-state index contributed by atoms with van der Waals surface area (Å²) in [6, 6.07) is -0.949. The molecule has 0 spiro atoms. The van der Waals surface area contributed by atoms with Crippen LogP contribution in [0.15, 0.2) is 0 Å². The van der Waals surface area contributed by atoms with Gasteiger partial charge in [-0.3, -0.25) is 4.79 Å². The Bertz CT molecular complexity index is 206. The summed E-state index contributed by atoms with van der Waals surface area (Å²) < 4.78 is 8.88. The molecule has 2 atom stereocenters. The van der Waals surface area contributed by atoms with Gasteiger partial charge in [-0.15, -0.1) is 0 Å². The maximum Gasteiger partial charge on any atom is 0.466 e. The molecule has 0 saturated heterocycles. The molecule has 1 unspecified atom stereocenters.